The summed E-state index contributed by atoms with van der Waals surface area (Å²) < 4.78 is 5.64. The molecule has 3 nitrogen and oxygen atoms in total. The van der Waals surface area contributed by atoms with Gasteiger partial charge in [-0.15, -0.1) is 0 Å². The number of hydrogen-bond donors (Lipinski definition) is 2. The van der Waals surface area contributed by atoms with Gasteiger partial charge in [-0.05, 0) is 43.2 Å². The lowest BCUT2D eigenvalue weighted by Crippen LogP contribution is -2.35. The summed E-state index contributed by atoms with van der Waals surface area (Å²) in [5, 5.41) is 0. The highest BCUT2D eigenvalue weighted by atomic mass is 16.5. The van der Waals surface area contributed by atoms with Crippen molar-refractivity contribution in [1.29, 1.82) is 0 Å². The molecule has 1 aliphatic rings. The standard InChI is InChI=1S/C16H26N2O/c1-10-8-9-14(16(19-4)12(10)3)15(18-17)13-7-5-6-11(13)2/h8-9,11,13,15,18H,5-7,17H2,1-4H3. The van der Waals surface area contributed by atoms with Crippen molar-refractivity contribution in [2.24, 2.45) is 17.7 Å². The normalized spacial score (nSPS) is 24.5. The summed E-state index contributed by atoms with van der Waals surface area (Å²) in [6.07, 6.45) is 3.85. The number of ether oxygens (including phenoxy) is 1. The Kier molecular flexibility index (Phi) is 4.48. The summed E-state index contributed by atoms with van der Waals surface area (Å²) in [7, 11) is 1.75. The number of rotatable bonds is 4. The zero-order valence-corrected chi connectivity index (χ0v) is 12.5. The van der Waals surface area contributed by atoms with Crippen LogP contribution in [0.15, 0.2) is 12.1 Å². The second-order valence-corrected chi connectivity index (χ2v) is 5.85. The molecule has 1 aromatic rings. The fourth-order valence-electron chi connectivity index (χ4n) is 3.44. The van der Waals surface area contributed by atoms with E-state index in [1.54, 1.807) is 7.11 Å². The van der Waals surface area contributed by atoms with Crippen molar-refractivity contribution in [2.45, 2.75) is 46.1 Å². The molecule has 3 atom stereocenters. The van der Waals surface area contributed by atoms with E-state index in [9.17, 15) is 0 Å². The quantitative estimate of drug-likeness (QED) is 0.647. The number of nitrogens with one attached hydrogen (secondary N) is 1. The first-order valence-electron chi connectivity index (χ1n) is 7.20. The van der Waals surface area contributed by atoms with Crippen LogP contribution in [0.2, 0.25) is 0 Å². The third-order valence-electron chi connectivity index (χ3n) is 4.78. The van der Waals surface area contributed by atoms with Crippen molar-refractivity contribution in [2.75, 3.05) is 7.11 Å². The second kappa shape index (κ2) is 5.93. The van der Waals surface area contributed by atoms with Gasteiger partial charge in [0.2, 0.25) is 0 Å². The maximum absolute atomic E-state index is 5.85. The van der Waals surface area contributed by atoms with Crippen molar-refractivity contribution in [3.8, 4) is 5.75 Å². The van der Waals surface area contributed by atoms with Gasteiger partial charge in [-0.2, -0.15) is 0 Å². The van der Waals surface area contributed by atoms with E-state index >= 15 is 0 Å². The Labute approximate surface area is 116 Å². The van der Waals surface area contributed by atoms with Gasteiger partial charge in [0.25, 0.3) is 0 Å². The number of nitrogens with two attached hydrogens (primary N) is 1. The topological polar surface area (TPSA) is 47.3 Å². The van der Waals surface area contributed by atoms with Gasteiger partial charge in [0, 0.05) is 5.56 Å². The Hall–Kier alpha value is -1.06. The smallest absolute Gasteiger partial charge is 0.126 e. The lowest BCUT2D eigenvalue weighted by atomic mass is 9.85. The van der Waals surface area contributed by atoms with Gasteiger partial charge < -0.3 is 4.74 Å². The van der Waals surface area contributed by atoms with E-state index in [1.165, 1.54) is 36.0 Å². The molecule has 0 bridgehead atoms. The van der Waals surface area contributed by atoms with Crippen molar-refractivity contribution >= 4 is 0 Å². The minimum absolute atomic E-state index is 0.187. The number of methoxy groups -OCH3 is 1. The Morgan fingerprint density at radius 1 is 1.32 bits per heavy atom. The summed E-state index contributed by atoms with van der Waals surface area (Å²) in [6, 6.07) is 4.51. The van der Waals surface area contributed by atoms with Crippen LogP contribution in [0.25, 0.3) is 0 Å². The minimum atomic E-state index is 0.187. The number of benzene rings is 1. The molecule has 1 aromatic carbocycles. The molecule has 3 unspecified atom stereocenters. The van der Waals surface area contributed by atoms with Gasteiger partial charge >= 0.3 is 0 Å². The summed E-state index contributed by atoms with van der Waals surface area (Å²) >= 11 is 0. The molecule has 3 N–H and O–H groups in total. The van der Waals surface area contributed by atoms with E-state index in [0.717, 1.165) is 5.75 Å². The molecule has 106 valence electrons. The molecule has 1 aliphatic carbocycles. The minimum Gasteiger partial charge on any atom is -0.496 e. The van der Waals surface area contributed by atoms with Crippen LogP contribution in [0.5, 0.6) is 5.75 Å². The summed E-state index contributed by atoms with van der Waals surface area (Å²) in [6.45, 7) is 6.56. The molecule has 0 spiro atoms. The molecule has 0 radical (unpaired) electrons. The van der Waals surface area contributed by atoms with Crippen molar-refractivity contribution < 1.29 is 4.74 Å². The summed E-state index contributed by atoms with van der Waals surface area (Å²) in [5.74, 6) is 8.15. The van der Waals surface area contributed by atoms with Crippen molar-refractivity contribution in [3.63, 3.8) is 0 Å². The fraction of sp³-hybridized carbons (Fsp3) is 0.625. The molecule has 0 heterocycles. The largest absolute Gasteiger partial charge is 0.496 e. The van der Waals surface area contributed by atoms with Gasteiger partial charge in [0.05, 0.1) is 13.2 Å². The molecular formula is C16H26N2O. The highest BCUT2D eigenvalue weighted by Crippen LogP contribution is 2.43. The first-order valence-corrected chi connectivity index (χ1v) is 7.20. The third kappa shape index (κ3) is 2.63. The Morgan fingerprint density at radius 3 is 2.58 bits per heavy atom. The molecule has 0 aromatic heterocycles. The molecule has 3 heteroatoms. The van der Waals surface area contributed by atoms with Crippen LogP contribution in [-0.4, -0.2) is 7.11 Å². The molecule has 0 saturated heterocycles. The highest BCUT2D eigenvalue weighted by Gasteiger charge is 2.33. The van der Waals surface area contributed by atoms with Crippen LogP contribution in [0.4, 0.5) is 0 Å². The molecule has 19 heavy (non-hydrogen) atoms. The molecule has 1 saturated carbocycles. The van der Waals surface area contributed by atoms with Crippen LogP contribution >= 0.6 is 0 Å². The predicted octanol–water partition coefficient (Wildman–Crippen LogP) is 3.25. The SMILES string of the molecule is COc1c(C(NN)C2CCCC2C)ccc(C)c1C. The van der Waals surface area contributed by atoms with Crippen molar-refractivity contribution in [3.05, 3.63) is 28.8 Å². The van der Waals surface area contributed by atoms with E-state index in [2.05, 4.69) is 38.3 Å². The monoisotopic (exact) mass is 262 g/mol. The van der Waals surface area contributed by atoms with E-state index in [1.807, 2.05) is 0 Å². The zero-order valence-electron chi connectivity index (χ0n) is 12.5. The van der Waals surface area contributed by atoms with E-state index in [4.69, 9.17) is 10.6 Å². The van der Waals surface area contributed by atoms with Gasteiger partial charge in [0.1, 0.15) is 5.75 Å². The van der Waals surface area contributed by atoms with Gasteiger partial charge in [-0.1, -0.05) is 31.9 Å². The third-order valence-corrected chi connectivity index (χ3v) is 4.78. The lowest BCUT2D eigenvalue weighted by Gasteiger charge is -2.29. The highest BCUT2D eigenvalue weighted by molar-refractivity contribution is 5.47. The van der Waals surface area contributed by atoms with Crippen LogP contribution in [-0.2, 0) is 0 Å². The van der Waals surface area contributed by atoms with Crippen molar-refractivity contribution in [1.82, 2.24) is 5.43 Å². The van der Waals surface area contributed by atoms with Gasteiger partial charge in [0.15, 0.2) is 0 Å². The van der Waals surface area contributed by atoms with E-state index in [0.29, 0.717) is 11.8 Å². The zero-order chi connectivity index (χ0) is 14.0. The molecular weight excluding hydrogens is 236 g/mol. The Bertz CT molecular complexity index is 445. The Morgan fingerprint density at radius 2 is 2.05 bits per heavy atom. The summed E-state index contributed by atoms with van der Waals surface area (Å²) in [5.41, 5.74) is 6.71. The van der Waals surface area contributed by atoms with E-state index < -0.39 is 0 Å². The summed E-state index contributed by atoms with van der Waals surface area (Å²) in [4.78, 5) is 0. The average molecular weight is 262 g/mol. The maximum atomic E-state index is 5.85. The van der Waals surface area contributed by atoms with Gasteiger partial charge in [-0.25, -0.2) is 0 Å². The number of hydrogen-bond acceptors (Lipinski definition) is 3. The fourth-order valence-corrected chi connectivity index (χ4v) is 3.44. The maximum Gasteiger partial charge on any atom is 0.126 e. The molecule has 0 amide bonds. The number of hydrazine groups is 1. The second-order valence-electron chi connectivity index (χ2n) is 5.85. The molecule has 2 rings (SSSR count). The number of aryl methyl sites for hydroxylation is 1. The predicted molar refractivity (Wildman–Crippen MR) is 79.0 cm³/mol. The first-order chi connectivity index (χ1) is 9.10. The molecule has 0 aliphatic heterocycles. The average Bonchev–Trinajstić information content (AvgIpc) is 2.81. The van der Waals surface area contributed by atoms with Crippen LogP contribution < -0.4 is 16.0 Å². The molecule has 1 fully saturated rings. The van der Waals surface area contributed by atoms with Crippen LogP contribution in [0.3, 0.4) is 0 Å². The Balaban J connectivity index is 2.40. The van der Waals surface area contributed by atoms with E-state index in [-0.39, 0.29) is 6.04 Å². The first kappa shape index (κ1) is 14.4. The lowest BCUT2D eigenvalue weighted by molar-refractivity contribution is 0.294. The van der Waals surface area contributed by atoms with Crippen LogP contribution in [0, 0.1) is 25.7 Å². The van der Waals surface area contributed by atoms with Crippen LogP contribution in [0.1, 0.15) is 48.9 Å². The van der Waals surface area contributed by atoms with Gasteiger partial charge in [-0.3, -0.25) is 11.3 Å².